The van der Waals surface area contributed by atoms with E-state index in [0.29, 0.717) is 29.3 Å². The molecule has 4 aliphatic rings. The van der Waals surface area contributed by atoms with E-state index in [1.807, 2.05) is 6.08 Å². The second kappa shape index (κ2) is 4.30. The molecule has 4 rings (SSSR count). The van der Waals surface area contributed by atoms with Gasteiger partial charge in [-0.3, -0.25) is 9.59 Å². The van der Waals surface area contributed by atoms with Gasteiger partial charge in [-0.05, 0) is 67.8 Å². The minimum Gasteiger partial charge on any atom is -0.299 e. The van der Waals surface area contributed by atoms with Crippen LogP contribution in [0.2, 0.25) is 0 Å². The number of carbonyl (C=O) groups is 2. The first-order valence-electron chi connectivity index (χ1n) is 8.72. The van der Waals surface area contributed by atoms with Gasteiger partial charge in [-0.15, -0.1) is 0 Å². The van der Waals surface area contributed by atoms with E-state index in [0.717, 1.165) is 38.5 Å². The molecular formula is C19H26O2. The molecule has 2 nitrogen and oxygen atoms in total. The molecule has 0 amide bonds. The van der Waals surface area contributed by atoms with Gasteiger partial charge in [0.05, 0.1) is 0 Å². The first-order valence-corrected chi connectivity index (χ1v) is 8.72. The highest BCUT2D eigenvalue weighted by molar-refractivity contribution is 5.91. The largest absolute Gasteiger partial charge is 0.299 e. The van der Waals surface area contributed by atoms with Crippen LogP contribution >= 0.6 is 0 Å². The molecule has 0 aliphatic heterocycles. The molecule has 3 saturated carbocycles. The highest BCUT2D eigenvalue weighted by Gasteiger charge is 2.58. The minimum absolute atomic E-state index is 0.0246. The third kappa shape index (κ3) is 1.71. The second-order valence-corrected chi connectivity index (χ2v) is 8.39. The summed E-state index contributed by atoms with van der Waals surface area (Å²) in [7, 11) is 0. The van der Waals surface area contributed by atoms with Gasteiger partial charge in [0.1, 0.15) is 5.78 Å². The van der Waals surface area contributed by atoms with Gasteiger partial charge in [-0.25, -0.2) is 0 Å². The molecule has 114 valence electrons. The average Bonchev–Trinajstić information content (AvgIpc) is 2.76. The number of rotatable bonds is 0. The van der Waals surface area contributed by atoms with Gasteiger partial charge in [-0.1, -0.05) is 19.4 Å². The Morgan fingerprint density at radius 2 is 1.67 bits per heavy atom. The molecule has 0 radical (unpaired) electrons. The zero-order valence-corrected chi connectivity index (χ0v) is 13.3. The van der Waals surface area contributed by atoms with Crippen molar-refractivity contribution in [1.82, 2.24) is 0 Å². The van der Waals surface area contributed by atoms with Crippen LogP contribution in [-0.4, -0.2) is 11.6 Å². The van der Waals surface area contributed by atoms with Crippen LogP contribution in [0.4, 0.5) is 0 Å². The predicted molar refractivity (Wildman–Crippen MR) is 81.7 cm³/mol. The maximum absolute atomic E-state index is 12.4. The molecule has 3 fully saturated rings. The summed E-state index contributed by atoms with van der Waals surface area (Å²) in [5.41, 5.74) is 1.64. The molecular weight excluding hydrogens is 260 g/mol. The quantitative estimate of drug-likeness (QED) is 0.672. The van der Waals surface area contributed by atoms with E-state index < -0.39 is 0 Å². The third-order valence-electron chi connectivity index (χ3n) is 7.67. The lowest BCUT2D eigenvalue weighted by Crippen LogP contribution is -2.50. The zero-order chi connectivity index (χ0) is 14.8. The van der Waals surface area contributed by atoms with Crippen molar-refractivity contribution in [2.45, 2.75) is 65.2 Å². The molecule has 0 saturated heterocycles. The Balaban J connectivity index is 1.70. The summed E-state index contributed by atoms with van der Waals surface area (Å²) in [6.07, 6.45) is 10.2. The van der Waals surface area contributed by atoms with Gasteiger partial charge in [0.2, 0.25) is 0 Å². The van der Waals surface area contributed by atoms with E-state index in [4.69, 9.17) is 0 Å². The summed E-state index contributed by atoms with van der Waals surface area (Å²) in [6.45, 7) is 4.64. The van der Waals surface area contributed by atoms with Gasteiger partial charge in [0, 0.05) is 18.3 Å². The van der Waals surface area contributed by atoms with Crippen molar-refractivity contribution >= 4 is 11.6 Å². The molecule has 0 aromatic carbocycles. The average molecular weight is 286 g/mol. The van der Waals surface area contributed by atoms with Crippen LogP contribution in [0, 0.1) is 28.6 Å². The molecule has 0 aromatic rings. The van der Waals surface area contributed by atoms with Crippen molar-refractivity contribution in [2.24, 2.45) is 28.6 Å². The standard InChI is InChI=1S/C19H26O2/c1-18-9-7-13(20)11-12(18)3-4-14-15-5-6-17(21)19(15,2)10-8-16(14)18/h11,14-16H,3-10H2,1-2H3/t14?,15?,16?,18-,19-/m1/s1. The molecule has 0 aromatic heterocycles. The molecule has 0 heterocycles. The van der Waals surface area contributed by atoms with E-state index in [1.54, 1.807) is 0 Å². The molecule has 3 unspecified atom stereocenters. The third-order valence-corrected chi connectivity index (χ3v) is 7.67. The molecule has 0 N–H and O–H groups in total. The van der Waals surface area contributed by atoms with Crippen LogP contribution in [0.1, 0.15) is 65.2 Å². The highest BCUT2D eigenvalue weighted by Crippen LogP contribution is 2.64. The summed E-state index contributed by atoms with van der Waals surface area (Å²) in [5, 5.41) is 0. The molecule has 21 heavy (non-hydrogen) atoms. The normalized spacial score (nSPS) is 49.2. The Morgan fingerprint density at radius 1 is 0.905 bits per heavy atom. The summed E-state index contributed by atoms with van der Waals surface area (Å²) in [4.78, 5) is 24.1. The maximum Gasteiger partial charge on any atom is 0.155 e. The van der Waals surface area contributed by atoms with E-state index >= 15 is 0 Å². The van der Waals surface area contributed by atoms with Crippen molar-refractivity contribution < 1.29 is 9.59 Å². The Kier molecular flexibility index (Phi) is 2.81. The fourth-order valence-corrected chi connectivity index (χ4v) is 6.33. The Bertz CT molecular complexity index is 546. The summed E-state index contributed by atoms with van der Waals surface area (Å²) >= 11 is 0. The van der Waals surface area contributed by atoms with Crippen molar-refractivity contribution in [1.29, 1.82) is 0 Å². The molecule has 0 spiro atoms. The van der Waals surface area contributed by atoms with Crippen LogP contribution in [0.5, 0.6) is 0 Å². The van der Waals surface area contributed by atoms with Crippen LogP contribution in [0.3, 0.4) is 0 Å². The lowest BCUT2D eigenvalue weighted by molar-refractivity contribution is -0.132. The fraction of sp³-hybridized carbons (Fsp3) is 0.789. The van der Waals surface area contributed by atoms with Crippen molar-refractivity contribution in [3.8, 4) is 0 Å². The van der Waals surface area contributed by atoms with Gasteiger partial charge >= 0.3 is 0 Å². The van der Waals surface area contributed by atoms with Gasteiger partial charge in [0.25, 0.3) is 0 Å². The number of hydrogen-bond acceptors (Lipinski definition) is 2. The minimum atomic E-state index is -0.0246. The highest BCUT2D eigenvalue weighted by atomic mass is 16.1. The van der Waals surface area contributed by atoms with Gasteiger partial charge < -0.3 is 0 Å². The molecule has 0 bridgehead atoms. The first-order chi connectivity index (χ1) is 9.95. The smallest absolute Gasteiger partial charge is 0.155 e. The maximum atomic E-state index is 12.4. The van der Waals surface area contributed by atoms with Crippen LogP contribution in [0.15, 0.2) is 11.6 Å². The Hall–Kier alpha value is -0.920. The lowest BCUT2D eigenvalue weighted by atomic mass is 9.47. The molecule has 4 aliphatic carbocycles. The first kappa shape index (κ1) is 13.7. The van der Waals surface area contributed by atoms with E-state index in [9.17, 15) is 9.59 Å². The monoisotopic (exact) mass is 286 g/mol. The number of Topliss-reactive ketones (excluding diaryl/α,β-unsaturated/α-hetero) is 1. The topological polar surface area (TPSA) is 34.1 Å². The molecule has 2 heteroatoms. The second-order valence-electron chi connectivity index (χ2n) is 8.39. The van der Waals surface area contributed by atoms with Crippen LogP contribution < -0.4 is 0 Å². The number of ketones is 2. The van der Waals surface area contributed by atoms with Crippen LogP contribution in [0.25, 0.3) is 0 Å². The summed E-state index contributed by atoms with van der Waals surface area (Å²) in [6, 6.07) is 0. The zero-order valence-electron chi connectivity index (χ0n) is 13.3. The Morgan fingerprint density at radius 3 is 2.48 bits per heavy atom. The number of hydrogen-bond donors (Lipinski definition) is 0. The van der Waals surface area contributed by atoms with Crippen molar-refractivity contribution in [3.63, 3.8) is 0 Å². The summed E-state index contributed by atoms with van der Waals surface area (Å²) < 4.78 is 0. The van der Waals surface area contributed by atoms with E-state index in [1.165, 1.54) is 18.4 Å². The van der Waals surface area contributed by atoms with E-state index in [2.05, 4.69) is 13.8 Å². The molecule has 5 atom stereocenters. The predicted octanol–water partition coefficient (Wildman–Crippen LogP) is 4.09. The fourth-order valence-electron chi connectivity index (χ4n) is 6.33. The lowest BCUT2D eigenvalue weighted by Gasteiger charge is -2.56. The number of fused-ring (bicyclic) bond motifs is 5. The number of carbonyl (C=O) groups excluding carboxylic acids is 2. The van der Waals surface area contributed by atoms with Crippen molar-refractivity contribution in [2.75, 3.05) is 0 Å². The Labute approximate surface area is 127 Å². The van der Waals surface area contributed by atoms with Crippen LogP contribution in [-0.2, 0) is 9.59 Å². The van der Waals surface area contributed by atoms with E-state index in [-0.39, 0.29) is 10.8 Å². The van der Waals surface area contributed by atoms with Gasteiger partial charge in [0.15, 0.2) is 5.78 Å². The number of allylic oxidation sites excluding steroid dienone is 1. The van der Waals surface area contributed by atoms with Gasteiger partial charge in [-0.2, -0.15) is 0 Å². The van der Waals surface area contributed by atoms with Crippen molar-refractivity contribution in [3.05, 3.63) is 11.6 Å². The SMILES string of the molecule is C[C@@]12CCC3C(CCC4=CC(=O)CC[C@]43C)C1CCC2=O. The summed E-state index contributed by atoms with van der Waals surface area (Å²) in [5.74, 6) is 2.88.